The Labute approximate surface area is 166 Å². The summed E-state index contributed by atoms with van der Waals surface area (Å²) < 4.78 is 33.0. The van der Waals surface area contributed by atoms with E-state index in [0.717, 1.165) is 29.7 Å². The summed E-state index contributed by atoms with van der Waals surface area (Å²) >= 11 is 0. The zero-order chi connectivity index (χ0) is 20.1. The fourth-order valence-corrected chi connectivity index (χ4v) is 4.81. The molecule has 1 fully saturated rings. The van der Waals surface area contributed by atoms with Crippen LogP contribution in [0.1, 0.15) is 26.7 Å². The third kappa shape index (κ3) is 4.79. The van der Waals surface area contributed by atoms with Crippen molar-refractivity contribution >= 4 is 21.6 Å². The molecule has 0 radical (unpaired) electrons. The molecule has 0 aromatic heterocycles. The summed E-state index contributed by atoms with van der Waals surface area (Å²) in [4.78, 5) is 11.4. The first-order chi connectivity index (χ1) is 13.4. The highest BCUT2D eigenvalue weighted by Crippen LogP contribution is 2.25. The second kappa shape index (κ2) is 8.86. The smallest absolute Gasteiger partial charge is 0.243 e. The van der Waals surface area contributed by atoms with Gasteiger partial charge in [0.15, 0.2) is 0 Å². The van der Waals surface area contributed by atoms with Gasteiger partial charge in [0.2, 0.25) is 15.9 Å². The van der Waals surface area contributed by atoms with E-state index in [1.165, 1.54) is 11.2 Å². The van der Waals surface area contributed by atoms with Gasteiger partial charge in [0.05, 0.1) is 11.0 Å². The fraction of sp³-hybridized carbons (Fsp3) is 0.381. The van der Waals surface area contributed by atoms with E-state index in [1.807, 2.05) is 31.2 Å². The molecule has 2 aromatic rings. The zero-order valence-electron chi connectivity index (χ0n) is 16.2. The minimum absolute atomic E-state index is 0.0175. The maximum Gasteiger partial charge on any atom is 0.243 e. The predicted molar refractivity (Wildman–Crippen MR) is 110 cm³/mol. The number of carbonyl (C=O) groups excluding carboxylic acids is 1. The van der Waals surface area contributed by atoms with Crippen LogP contribution in [0.15, 0.2) is 53.4 Å². The van der Waals surface area contributed by atoms with Gasteiger partial charge in [-0.25, -0.2) is 8.42 Å². The number of hydrogen-bond acceptors (Lipinski definition) is 4. The van der Waals surface area contributed by atoms with Crippen molar-refractivity contribution in [1.82, 2.24) is 4.31 Å². The van der Waals surface area contributed by atoms with E-state index in [0.29, 0.717) is 19.7 Å². The average Bonchev–Trinajstić information content (AvgIpc) is 3.19. The van der Waals surface area contributed by atoms with Crippen LogP contribution in [0.3, 0.4) is 0 Å². The molecule has 7 heteroatoms. The number of benzene rings is 2. The SMILES string of the molecule is CCN(C[C@@H]1CCCO1)S(=O)(=O)c1ccc(-c2ccc(NC(C)=O)cc2)cc1. The van der Waals surface area contributed by atoms with Gasteiger partial charge in [-0.15, -0.1) is 0 Å². The summed E-state index contributed by atoms with van der Waals surface area (Å²) in [6, 6.07) is 14.3. The Morgan fingerprint density at radius 3 is 2.21 bits per heavy atom. The molecule has 150 valence electrons. The fourth-order valence-electron chi connectivity index (χ4n) is 3.33. The van der Waals surface area contributed by atoms with Crippen molar-refractivity contribution in [2.24, 2.45) is 0 Å². The first-order valence-corrected chi connectivity index (χ1v) is 10.9. The van der Waals surface area contributed by atoms with Crippen molar-refractivity contribution in [1.29, 1.82) is 0 Å². The molecule has 2 aromatic carbocycles. The molecule has 1 amide bonds. The number of nitrogens with zero attached hydrogens (tertiary/aromatic N) is 1. The molecule has 28 heavy (non-hydrogen) atoms. The zero-order valence-corrected chi connectivity index (χ0v) is 17.0. The molecule has 1 aliphatic rings. The number of anilines is 1. The Balaban J connectivity index is 1.75. The van der Waals surface area contributed by atoms with Gasteiger partial charge < -0.3 is 10.1 Å². The van der Waals surface area contributed by atoms with Crippen LogP contribution in [0.2, 0.25) is 0 Å². The van der Waals surface area contributed by atoms with Crippen LogP contribution in [-0.4, -0.2) is 44.4 Å². The minimum Gasteiger partial charge on any atom is -0.377 e. The summed E-state index contributed by atoms with van der Waals surface area (Å²) in [5.74, 6) is -0.120. The third-order valence-electron chi connectivity index (χ3n) is 4.81. The monoisotopic (exact) mass is 402 g/mol. The lowest BCUT2D eigenvalue weighted by atomic mass is 10.1. The molecule has 1 heterocycles. The maximum atomic E-state index is 13.0. The van der Waals surface area contributed by atoms with Gasteiger partial charge in [0.1, 0.15) is 0 Å². The van der Waals surface area contributed by atoms with Crippen molar-refractivity contribution < 1.29 is 17.9 Å². The van der Waals surface area contributed by atoms with Crippen molar-refractivity contribution in [2.45, 2.75) is 37.7 Å². The number of ether oxygens (including phenoxy) is 1. The summed E-state index contributed by atoms with van der Waals surface area (Å²) in [7, 11) is -3.55. The van der Waals surface area contributed by atoms with Crippen LogP contribution >= 0.6 is 0 Å². The molecule has 0 saturated carbocycles. The molecule has 1 atom stereocenters. The van der Waals surface area contributed by atoms with Gasteiger partial charge in [0.25, 0.3) is 0 Å². The van der Waals surface area contributed by atoms with E-state index >= 15 is 0 Å². The molecule has 0 aliphatic carbocycles. The van der Waals surface area contributed by atoms with Crippen LogP contribution in [0.5, 0.6) is 0 Å². The highest BCUT2D eigenvalue weighted by molar-refractivity contribution is 7.89. The number of nitrogens with one attached hydrogen (secondary N) is 1. The van der Waals surface area contributed by atoms with Crippen molar-refractivity contribution in [2.75, 3.05) is 25.0 Å². The van der Waals surface area contributed by atoms with Crippen LogP contribution in [0.4, 0.5) is 5.69 Å². The minimum atomic E-state index is -3.55. The highest BCUT2D eigenvalue weighted by atomic mass is 32.2. The van der Waals surface area contributed by atoms with Crippen LogP contribution in [0, 0.1) is 0 Å². The van der Waals surface area contributed by atoms with Gasteiger partial charge in [-0.05, 0) is 48.2 Å². The van der Waals surface area contributed by atoms with Crippen LogP contribution < -0.4 is 5.32 Å². The first kappa shape index (κ1) is 20.5. The van der Waals surface area contributed by atoms with E-state index in [2.05, 4.69) is 5.32 Å². The molecule has 3 rings (SSSR count). The molecule has 1 N–H and O–H groups in total. The molecule has 0 bridgehead atoms. The van der Waals surface area contributed by atoms with Gasteiger partial charge >= 0.3 is 0 Å². The van der Waals surface area contributed by atoms with Gasteiger partial charge in [-0.1, -0.05) is 31.2 Å². The molecule has 1 saturated heterocycles. The Morgan fingerprint density at radius 2 is 1.71 bits per heavy atom. The van der Waals surface area contributed by atoms with Gasteiger partial charge in [-0.3, -0.25) is 4.79 Å². The number of amides is 1. The molecule has 0 spiro atoms. The Morgan fingerprint density at radius 1 is 1.11 bits per heavy atom. The number of hydrogen-bond donors (Lipinski definition) is 1. The number of likely N-dealkylation sites (N-methyl/N-ethyl adjacent to an activating group) is 1. The largest absolute Gasteiger partial charge is 0.377 e. The van der Waals surface area contributed by atoms with E-state index in [4.69, 9.17) is 4.74 Å². The normalized spacial score (nSPS) is 17.0. The summed E-state index contributed by atoms with van der Waals surface area (Å²) in [5, 5.41) is 2.73. The van der Waals surface area contributed by atoms with Gasteiger partial charge in [0, 0.05) is 32.3 Å². The Kier molecular flexibility index (Phi) is 6.49. The van der Waals surface area contributed by atoms with E-state index in [-0.39, 0.29) is 16.9 Å². The second-order valence-corrected chi connectivity index (χ2v) is 8.81. The van der Waals surface area contributed by atoms with Crippen molar-refractivity contribution in [3.8, 4) is 11.1 Å². The highest BCUT2D eigenvalue weighted by Gasteiger charge is 2.27. The standard InChI is InChI=1S/C21H26N2O4S/c1-3-23(15-20-5-4-14-27-20)28(25,26)21-12-8-18(9-13-21)17-6-10-19(11-7-17)22-16(2)24/h6-13,20H,3-5,14-15H2,1-2H3,(H,22,24)/t20-/m0/s1. The number of sulfonamides is 1. The second-order valence-electron chi connectivity index (χ2n) is 6.87. The van der Waals surface area contributed by atoms with E-state index < -0.39 is 10.0 Å². The average molecular weight is 403 g/mol. The van der Waals surface area contributed by atoms with Crippen LogP contribution in [-0.2, 0) is 19.6 Å². The Hall–Kier alpha value is -2.22. The molecule has 0 unspecified atom stereocenters. The third-order valence-corrected chi connectivity index (χ3v) is 6.77. The molecular weight excluding hydrogens is 376 g/mol. The van der Waals surface area contributed by atoms with E-state index in [1.54, 1.807) is 24.3 Å². The first-order valence-electron chi connectivity index (χ1n) is 9.50. The van der Waals surface area contributed by atoms with Crippen LogP contribution in [0.25, 0.3) is 11.1 Å². The maximum absolute atomic E-state index is 13.0. The lowest BCUT2D eigenvalue weighted by Crippen LogP contribution is -2.37. The van der Waals surface area contributed by atoms with E-state index in [9.17, 15) is 13.2 Å². The number of carbonyl (C=O) groups is 1. The lowest BCUT2D eigenvalue weighted by molar-refractivity contribution is -0.114. The predicted octanol–water partition coefficient (Wildman–Crippen LogP) is 3.50. The molecule has 1 aliphatic heterocycles. The summed E-state index contributed by atoms with van der Waals surface area (Å²) in [6.07, 6.45) is 1.87. The summed E-state index contributed by atoms with van der Waals surface area (Å²) in [6.45, 7) is 4.82. The lowest BCUT2D eigenvalue weighted by Gasteiger charge is -2.23. The number of rotatable bonds is 7. The Bertz CT molecular complexity index is 902. The van der Waals surface area contributed by atoms with Crippen molar-refractivity contribution in [3.05, 3.63) is 48.5 Å². The van der Waals surface area contributed by atoms with Crippen molar-refractivity contribution in [3.63, 3.8) is 0 Å². The molecular formula is C21H26N2O4S. The molecule has 6 nitrogen and oxygen atoms in total. The van der Waals surface area contributed by atoms with Gasteiger partial charge in [-0.2, -0.15) is 4.31 Å². The quantitative estimate of drug-likeness (QED) is 0.769. The summed E-state index contributed by atoms with van der Waals surface area (Å²) in [5.41, 5.74) is 2.59. The topological polar surface area (TPSA) is 75.7 Å².